The molecule has 1 aliphatic rings. The Morgan fingerprint density at radius 2 is 1.93 bits per heavy atom. The van der Waals surface area contributed by atoms with Crippen LogP contribution in [0.4, 0.5) is 0 Å². The van der Waals surface area contributed by atoms with Crippen molar-refractivity contribution in [3.05, 3.63) is 30.3 Å². The molecule has 2 rings (SSSR count). The molecular formula is C10H8N2O3. The summed E-state index contributed by atoms with van der Waals surface area (Å²) >= 11 is 0. The molecule has 2 amide bonds. The van der Waals surface area contributed by atoms with Gasteiger partial charge in [-0.1, -0.05) is 18.2 Å². The number of ether oxygens (including phenoxy) is 1. The summed E-state index contributed by atoms with van der Waals surface area (Å²) < 4.78 is 5.20. The Balaban J connectivity index is 2.15. The first-order valence-corrected chi connectivity index (χ1v) is 4.36. The van der Waals surface area contributed by atoms with Crippen molar-refractivity contribution in [3.8, 4) is 5.75 Å². The van der Waals surface area contributed by atoms with Crippen LogP contribution in [0.25, 0.3) is 0 Å². The molecule has 15 heavy (non-hydrogen) atoms. The van der Waals surface area contributed by atoms with Crippen LogP contribution < -0.4 is 10.1 Å². The van der Waals surface area contributed by atoms with Gasteiger partial charge in [-0.05, 0) is 12.1 Å². The maximum Gasteiger partial charge on any atom is 0.298 e. The van der Waals surface area contributed by atoms with Crippen LogP contribution in [0.3, 0.4) is 0 Å². The molecule has 1 aromatic rings. The van der Waals surface area contributed by atoms with Crippen molar-refractivity contribution >= 4 is 18.2 Å². The number of hydrogen-bond donors (Lipinski definition) is 1. The lowest BCUT2D eigenvalue weighted by Crippen LogP contribution is -2.46. The van der Waals surface area contributed by atoms with Crippen molar-refractivity contribution in [3.63, 3.8) is 0 Å². The largest absolute Gasteiger partial charge is 0.470 e. The number of nitrogens with one attached hydrogen (secondary N) is 1. The summed E-state index contributed by atoms with van der Waals surface area (Å²) in [5, 5.41) is 2.31. The van der Waals surface area contributed by atoms with E-state index in [1.165, 1.54) is 0 Å². The van der Waals surface area contributed by atoms with E-state index < -0.39 is 17.9 Å². The highest BCUT2D eigenvalue weighted by Crippen LogP contribution is 2.12. The van der Waals surface area contributed by atoms with Gasteiger partial charge < -0.3 is 10.1 Å². The standard InChI is InChI=1S/C10H8N2O3/c13-9-8(10(14)12-6-11-9)15-7-4-2-1-3-5-7/h1-6,8H,(H,11,12,13,14). The molecule has 5 nitrogen and oxygen atoms in total. The second kappa shape index (κ2) is 3.91. The molecular weight excluding hydrogens is 196 g/mol. The van der Waals surface area contributed by atoms with E-state index in [0.29, 0.717) is 5.75 Å². The monoisotopic (exact) mass is 204 g/mol. The summed E-state index contributed by atoms with van der Waals surface area (Å²) in [5.74, 6) is -0.635. The molecule has 0 saturated carbocycles. The zero-order valence-electron chi connectivity index (χ0n) is 7.71. The van der Waals surface area contributed by atoms with E-state index in [9.17, 15) is 9.59 Å². The third-order valence-electron chi connectivity index (χ3n) is 1.86. The molecule has 0 aliphatic carbocycles. The van der Waals surface area contributed by atoms with E-state index in [0.717, 1.165) is 6.34 Å². The van der Waals surface area contributed by atoms with Gasteiger partial charge in [-0.3, -0.25) is 9.59 Å². The van der Waals surface area contributed by atoms with Crippen LogP contribution in [0, 0.1) is 0 Å². The van der Waals surface area contributed by atoms with Crippen molar-refractivity contribution in [2.45, 2.75) is 6.10 Å². The lowest BCUT2D eigenvalue weighted by atomic mass is 10.3. The molecule has 76 valence electrons. The Labute approximate surface area is 85.8 Å². The van der Waals surface area contributed by atoms with Crippen LogP contribution in [0.1, 0.15) is 0 Å². The maximum atomic E-state index is 11.3. The van der Waals surface area contributed by atoms with E-state index in [1.54, 1.807) is 24.3 Å². The molecule has 0 fully saturated rings. The zero-order valence-corrected chi connectivity index (χ0v) is 7.71. The Bertz CT molecular complexity index is 414. The SMILES string of the molecule is O=C1N=CNC(=O)C1Oc1ccccc1. The highest BCUT2D eigenvalue weighted by molar-refractivity contribution is 6.12. The molecule has 1 N–H and O–H groups in total. The smallest absolute Gasteiger partial charge is 0.298 e. The average Bonchev–Trinajstić information content (AvgIpc) is 2.25. The van der Waals surface area contributed by atoms with Gasteiger partial charge >= 0.3 is 0 Å². The summed E-state index contributed by atoms with van der Waals surface area (Å²) in [7, 11) is 0. The van der Waals surface area contributed by atoms with E-state index in [2.05, 4.69) is 10.3 Å². The normalized spacial score (nSPS) is 19.9. The minimum absolute atomic E-state index is 0.461. The first kappa shape index (κ1) is 9.39. The number of carbonyl (C=O) groups excluding carboxylic acids is 2. The van der Waals surface area contributed by atoms with E-state index in [4.69, 9.17) is 4.74 Å². The molecule has 0 spiro atoms. The fourth-order valence-corrected chi connectivity index (χ4v) is 1.15. The molecule has 0 radical (unpaired) electrons. The van der Waals surface area contributed by atoms with Gasteiger partial charge in [0.2, 0.25) is 0 Å². The van der Waals surface area contributed by atoms with Gasteiger partial charge in [0.15, 0.2) is 0 Å². The second-order valence-corrected chi connectivity index (χ2v) is 2.92. The van der Waals surface area contributed by atoms with Gasteiger partial charge in [0.05, 0.1) is 6.34 Å². The third-order valence-corrected chi connectivity index (χ3v) is 1.86. The number of aliphatic imine (C=N–C) groups is 1. The lowest BCUT2D eigenvalue weighted by molar-refractivity contribution is -0.137. The van der Waals surface area contributed by atoms with Crippen molar-refractivity contribution in [2.75, 3.05) is 0 Å². The highest BCUT2D eigenvalue weighted by Gasteiger charge is 2.30. The number of rotatable bonds is 2. The molecule has 0 aromatic heterocycles. The second-order valence-electron chi connectivity index (χ2n) is 2.92. The summed E-state index contributed by atoms with van der Waals surface area (Å²) in [6.07, 6.45) is -0.118. The summed E-state index contributed by atoms with van der Waals surface area (Å²) in [6, 6.07) is 8.65. The van der Waals surface area contributed by atoms with Crippen LogP contribution in [-0.2, 0) is 9.59 Å². The Morgan fingerprint density at radius 3 is 2.60 bits per heavy atom. The molecule has 1 aliphatic heterocycles. The van der Waals surface area contributed by atoms with Crippen LogP contribution in [0.15, 0.2) is 35.3 Å². The maximum absolute atomic E-state index is 11.3. The Kier molecular flexibility index (Phi) is 2.45. The van der Waals surface area contributed by atoms with E-state index >= 15 is 0 Å². The highest BCUT2D eigenvalue weighted by atomic mass is 16.5. The number of carbonyl (C=O) groups is 2. The minimum Gasteiger partial charge on any atom is -0.470 e. The third kappa shape index (κ3) is 2.01. The molecule has 1 unspecified atom stereocenters. The van der Waals surface area contributed by atoms with Crippen LogP contribution in [-0.4, -0.2) is 24.3 Å². The summed E-state index contributed by atoms with van der Waals surface area (Å²) in [6.45, 7) is 0. The van der Waals surface area contributed by atoms with Crippen molar-refractivity contribution < 1.29 is 14.3 Å². The van der Waals surface area contributed by atoms with Gasteiger partial charge in [-0.25, -0.2) is 0 Å². The van der Waals surface area contributed by atoms with Gasteiger partial charge in [0.25, 0.3) is 17.9 Å². The molecule has 0 bridgehead atoms. The van der Waals surface area contributed by atoms with Crippen LogP contribution >= 0.6 is 0 Å². The number of amides is 2. The summed E-state index contributed by atoms with van der Waals surface area (Å²) in [5.41, 5.74) is 0. The van der Waals surface area contributed by atoms with Gasteiger partial charge in [0, 0.05) is 0 Å². The fraction of sp³-hybridized carbons (Fsp3) is 0.100. The quantitative estimate of drug-likeness (QED) is 0.695. The molecule has 0 saturated heterocycles. The average molecular weight is 204 g/mol. The van der Waals surface area contributed by atoms with Gasteiger partial charge in [-0.15, -0.1) is 0 Å². The van der Waals surface area contributed by atoms with Crippen LogP contribution in [0.5, 0.6) is 5.75 Å². The molecule has 1 aromatic carbocycles. The number of hydrogen-bond acceptors (Lipinski definition) is 3. The Hall–Kier alpha value is -2.17. The number of para-hydroxylation sites is 1. The minimum atomic E-state index is -1.18. The van der Waals surface area contributed by atoms with Gasteiger partial charge in [-0.2, -0.15) is 4.99 Å². The van der Waals surface area contributed by atoms with Crippen molar-refractivity contribution in [2.24, 2.45) is 4.99 Å². The predicted octanol–water partition coefficient (Wildman–Crippen LogP) is 0.119. The van der Waals surface area contributed by atoms with Crippen molar-refractivity contribution in [1.29, 1.82) is 0 Å². The Morgan fingerprint density at radius 1 is 1.20 bits per heavy atom. The van der Waals surface area contributed by atoms with Crippen LogP contribution in [0.2, 0.25) is 0 Å². The zero-order chi connectivity index (χ0) is 10.7. The predicted molar refractivity (Wildman–Crippen MR) is 52.5 cm³/mol. The fourth-order valence-electron chi connectivity index (χ4n) is 1.15. The molecule has 1 atom stereocenters. The molecule has 1 heterocycles. The van der Waals surface area contributed by atoms with E-state index in [-0.39, 0.29) is 0 Å². The number of nitrogens with zero attached hydrogens (tertiary/aromatic N) is 1. The number of benzene rings is 1. The first-order chi connectivity index (χ1) is 7.27. The molecule has 5 heteroatoms. The van der Waals surface area contributed by atoms with Gasteiger partial charge in [0.1, 0.15) is 5.75 Å². The summed E-state index contributed by atoms with van der Waals surface area (Å²) in [4.78, 5) is 25.9. The van der Waals surface area contributed by atoms with Crippen molar-refractivity contribution in [1.82, 2.24) is 5.32 Å². The topological polar surface area (TPSA) is 67.8 Å². The first-order valence-electron chi connectivity index (χ1n) is 4.36. The van der Waals surface area contributed by atoms with E-state index in [1.807, 2.05) is 6.07 Å². The lowest BCUT2D eigenvalue weighted by Gasteiger charge is -2.16.